The molecule has 0 bridgehead atoms. The van der Waals surface area contributed by atoms with Crippen LogP contribution in [-0.4, -0.2) is 18.1 Å². The van der Waals surface area contributed by atoms with Gasteiger partial charge in [-0.1, -0.05) is 59.6 Å². The SMILES string of the molecule is CC.CC1(C)CSCC(C)(C)C2=C1CCCC2.CCN. The topological polar surface area (TPSA) is 26.0 Å². The van der Waals surface area contributed by atoms with E-state index < -0.39 is 0 Å². The summed E-state index contributed by atoms with van der Waals surface area (Å²) < 4.78 is 0. The van der Waals surface area contributed by atoms with E-state index in [0.29, 0.717) is 10.8 Å². The molecule has 0 radical (unpaired) electrons. The van der Waals surface area contributed by atoms with Crippen LogP contribution in [0.4, 0.5) is 0 Å². The summed E-state index contributed by atoms with van der Waals surface area (Å²) in [6.45, 7) is 16.4. The Labute approximate surface area is 132 Å². The number of rotatable bonds is 0. The maximum atomic E-state index is 4.85. The summed E-state index contributed by atoms with van der Waals surface area (Å²) in [7, 11) is 0. The Bertz CT molecular complexity index is 275. The first-order chi connectivity index (χ1) is 9.35. The number of allylic oxidation sites excluding steroid dienone is 2. The second kappa shape index (κ2) is 9.15. The van der Waals surface area contributed by atoms with Gasteiger partial charge in [0, 0.05) is 11.5 Å². The Balaban J connectivity index is 0.000000641. The molecule has 1 aliphatic carbocycles. The molecule has 0 atom stereocenters. The highest BCUT2D eigenvalue weighted by Gasteiger charge is 2.37. The van der Waals surface area contributed by atoms with Crippen LogP contribution in [0.25, 0.3) is 0 Å². The number of nitrogens with two attached hydrogens (primary N) is 1. The average Bonchev–Trinajstić information content (AvgIpc) is 2.49. The van der Waals surface area contributed by atoms with Gasteiger partial charge in [0.05, 0.1) is 0 Å². The Hall–Kier alpha value is 0.0500. The molecule has 0 aromatic rings. The van der Waals surface area contributed by atoms with Gasteiger partial charge in [0.1, 0.15) is 0 Å². The van der Waals surface area contributed by atoms with E-state index in [0.717, 1.165) is 6.54 Å². The van der Waals surface area contributed by atoms with Crippen LogP contribution in [0.2, 0.25) is 0 Å². The summed E-state index contributed by atoms with van der Waals surface area (Å²) in [5, 5.41) is 0. The highest BCUT2D eigenvalue weighted by atomic mass is 32.2. The Morgan fingerprint density at radius 2 is 1.20 bits per heavy atom. The van der Waals surface area contributed by atoms with E-state index in [2.05, 4.69) is 39.5 Å². The summed E-state index contributed by atoms with van der Waals surface area (Å²) in [5.41, 5.74) is 9.37. The van der Waals surface area contributed by atoms with Crippen molar-refractivity contribution >= 4 is 11.8 Å². The van der Waals surface area contributed by atoms with Gasteiger partial charge < -0.3 is 5.73 Å². The predicted octanol–water partition coefficient (Wildman–Crippen LogP) is 5.65. The molecule has 2 aliphatic rings. The molecule has 1 heterocycles. The molecule has 2 heteroatoms. The van der Waals surface area contributed by atoms with Crippen LogP contribution in [0.1, 0.15) is 74.1 Å². The van der Waals surface area contributed by atoms with Gasteiger partial charge in [-0.3, -0.25) is 0 Å². The summed E-state index contributed by atoms with van der Waals surface area (Å²) in [5.74, 6) is 2.63. The largest absolute Gasteiger partial charge is 0.331 e. The van der Waals surface area contributed by atoms with Crippen LogP contribution in [0.15, 0.2) is 11.1 Å². The standard InChI is InChI=1S/C14H24S.C2H7N.C2H6/c1-13(2)9-15-10-14(3,4)12-8-6-5-7-11(12)13;1-2-3;1-2/h5-10H2,1-4H3;2-3H2,1H3;1-2H3. The molecule has 0 aromatic heterocycles. The summed E-state index contributed by atoms with van der Waals surface area (Å²) in [6.07, 6.45) is 5.57. The maximum absolute atomic E-state index is 4.85. The molecule has 0 spiro atoms. The summed E-state index contributed by atoms with van der Waals surface area (Å²) in [6, 6.07) is 0. The van der Waals surface area contributed by atoms with E-state index in [-0.39, 0.29) is 0 Å². The van der Waals surface area contributed by atoms with Crippen molar-refractivity contribution in [3.05, 3.63) is 11.1 Å². The molecule has 0 saturated heterocycles. The van der Waals surface area contributed by atoms with Gasteiger partial charge in [0.2, 0.25) is 0 Å². The first-order valence-electron chi connectivity index (χ1n) is 8.36. The number of hydrogen-bond donors (Lipinski definition) is 1. The zero-order valence-electron chi connectivity index (χ0n) is 14.9. The van der Waals surface area contributed by atoms with Gasteiger partial charge in [0.25, 0.3) is 0 Å². The first kappa shape index (κ1) is 20.1. The van der Waals surface area contributed by atoms with Crippen molar-refractivity contribution in [2.45, 2.75) is 74.1 Å². The monoisotopic (exact) mass is 299 g/mol. The van der Waals surface area contributed by atoms with Gasteiger partial charge in [-0.25, -0.2) is 0 Å². The molecule has 0 unspecified atom stereocenters. The van der Waals surface area contributed by atoms with Crippen LogP contribution in [0.5, 0.6) is 0 Å². The van der Waals surface area contributed by atoms with Crippen LogP contribution < -0.4 is 5.73 Å². The summed E-state index contributed by atoms with van der Waals surface area (Å²) >= 11 is 2.15. The van der Waals surface area contributed by atoms with Crippen LogP contribution in [-0.2, 0) is 0 Å². The first-order valence-corrected chi connectivity index (χ1v) is 9.51. The maximum Gasteiger partial charge on any atom is 0.00217 e. The molecule has 0 saturated carbocycles. The molecule has 1 nitrogen and oxygen atoms in total. The lowest BCUT2D eigenvalue weighted by atomic mass is 9.69. The fourth-order valence-corrected chi connectivity index (χ4v) is 4.61. The third kappa shape index (κ3) is 5.44. The molecule has 120 valence electrons. The Morgan fingerprint density at radius 1 is 0.900 bits per heavy atom. The van der Waals surface area contributed by atoms with Crippen molar-refractivity contribution in [3.63, 3.8) is 0 Å². The molecule has 2 rings (SSSR count). The quantitative estimate of drug-likeness (QED) is 0.585. The van der Waals surface area contributed by atoms with E-state index in [1.807, 2.05) is 31.9 Å². The molecule has 2 N–H and O–H groups in total. The molecule has 0 fully saturated rings. The van der Waals surface area contributed by atoms with Crippen molar-refractivity contribution in [1.82, 2.24) is 0 Å². The molecule has 20 heavy (non-hydrogen) atoms. The number of hydrogen-bond acceptors (Lipinski definition) is 2. The zero-order valence-corrected chi connectivity index (χ0v) is 15.8. The lowest BCUT2D eigenvalue weighted by Crippen LogP contribution is -2.24. The van der Waals surface area contributed by atoms with Crippen molar-refractivity contribution in [3.8, 4) is 0 Å². The van der Waals surface area contributed by atoms with Gasteiger partial charge in [-0.15, -0.1) is 0 Å². The van der Waals surface area contributed by atoms with Crippen molar-refractivity contribution in [1.29, 1.82) is 0 Å². The molecular weight excluding hydrogens is 262 g/mol. The van der Waals surface area contributed by atoms with E-state index in [1.165, 1.54) is 37.2 Å². The highest BCUT2D eigenvalue weighted by Crippen LogP contribution is 2.49. The number of thioether (sulfide) groups is 1. The van der Waals surface area contributed by atoms with Crippen LogP contribution >= 0.6 is 11.8 Å². The lowest BCUT2D eigenvalue weighted by molar-refractivity contribution is 0.409. The Kier molecular flexibility index (Phi) is 9.17. The van der Waals surface area contributed by atoms with E-state index in [4.69, 9.17) is 5.73 Å². The van der Waals surface area contributed by atoms with E-state index >= 15 is 0 Å². The van der Waals surface area contributed by atoms with Gasteiger partial charge in [-0.05, 0) is 43.1 Å². The van der Waals surface area contributed by atoms with Crippen LogP contribution in [0, 0.1) is 10.8 Å². The molecular formula is C18H37NS. The predicted molar refractivity (Wildman–Crippen MR) is 96.5 cm³/mol. The van der Waals surface area contributed by atoms with Gasteiger partial charge in [-0.2, -0.15) is 11.8 Å². The van der Waals surface area contributed by atoms with Crippen LogP contribution in [0.3, 0.4) is 0 Å². The highest BCUT2D eigenvalue weighted by molar-refractivity contribution is 7.99. The minimum atomic E-state index is 0.453. The van der Waals surface area contributed by atoms with Gasteiger partial charge in [0.15, 0.2) is 0 Å². The second-order valence-electron chi connectivity index (χ2n) is 6.83. The van der Waals surface area contributed by atoms with E-state index in [1.54, 1.807) is 0 Å². The third-order valence-corrected chi connectivity index (χ3v) is 5.88. The zero-order chi connectivity index (χ0) is 15.8. The smallest absolute Gasteiger partial charge is 0.00217 e. The minimum absolute atomic E-state index is 0.453. The molecule has 1 aliphatic heterocycles. The Morgan fingerprint density at radius 3 is 1.50 bits per heavy atom. The molecule has 0 amide bonds. The average molecular weight is 300 g/mol. The van der Waals surface area contributed by atoms with E-state index in [9.17, 15) is 0 Å². The van der Waals surface area contributed by atoms with Crippen molar-refractivity contribution < 1.29 is 0 Å². The normalized spacial score (nSPS) is 23.4. The van der Waals surface area contributed by atoms with Crippen molar-refractivity contribution in [2.75, 3.05) is 18.1 Å². The van der Waals surface area contributed by atoms with Crippen molar-refractivity contribution in [2.24, 2.45) is 16.6 Å². The third-order valence-electron chi connectivity index (χ3n) is 4.03. The fraction of sp³-hybridized carbons (Fsp3) is 0.889. The second-order valence-corrected chi connectivity index (χ2v) is 7.82. The molecule has 0 aromatic carbocycles. The fourth-order valence-electron chi connectivity index (χ4n) is 3.13. The summed E-state index contributed by atoms with van der Waals surface area (Å²) in [4.78, 5) is 0. The lowest BCUT2D eigenvalue weighted by Gasteiger charge is -2.36. The van der Waals surface area contributed by atoms with Gasteiger partial charge >= 0.3 is 0 Å². The minimum Gasteiger partial charge on any atom is -0.331 e.